The quantitative estimate of drug-likeness (QED) is 0.656. The molecule has 0 aliphatic carbocycles. The molecule has 0 amide bonds. The molecule has 1 aromatic heterocycles. The minimum Gasteiger partial charge on any atom is -0.367 e. The first-order chi connectivity index (χ1) is 12.7. The Morgan fingerprint density at radius 1 is 1.15 bits per heavy atom. The monoisotopic (exact) mass is 371 g/mol. The largest absolute Gasteiger partial charge is 0.367 e. The van der Waals surface area contributed by atoms with Gasteiger partial charge in [0.1, 0.15) is 0 Å². The molecule has 1 fully saturated rings. The van der Waals surface area contributed by atoms with E-state index in [9.17, 15) is 0 Å². The van der Waals surface area contributed by atoms with E-state index in [1.165, 1.54) is 11.3 Å². The first-order valence-corrected chi connectivity index (χ1v) is 9.21. The fourth-order valence-electron chi connectivity index (χ4n) is 3.28. The van der Waals surface area contributed by atoms with E-state index in [4.69, 9.17) is 21.1 Å². The van der Waals surface area contributed by atoms with Gasteiger partial charge in [-0.15, -0.1) is 0 Å². The van der Waals surface area contributed by atoms with E-state index in [2.05, 4.69) is 40.3 Å². The molecule has 0 unspecified atom stereocenters. The van der Waals surface area contributed by atoms with E-state index in [-0.39, 0.29) is 6.29 Å². The lowest BCUT2D eigenvalue weighted by Gasteiger charge is -2.26. The van der Waals surface area contributed by atoms with Crippen LogP contribution in [0.2, 0.25) is 5.02 Å². The Morgan fingerprint density at radius 2 is 1.92 bits per heavy atom. The van der Waals surface area contributed by atoms with Crippen molar-refractivity contribution >= 4 is 28.2 Å². The number of nitrogens with zero attached hydrogens (tertiary/aromatic N) is 3. The van der Waals surface area contributed by atoms with Crippen molar-refractivity contribution in [1.29, 1.82) is 0 Å². The van der Waals surface area contributed by atoms with Crippen molar-refractivity contribution in [1.82, 2.24) is 9.78 Å². The molecule has 1 aliphatic heterocycles. The molecule has 0 radical (unpaired) electrons. The standard InChI is InChI=1S/C20H22ClN3O2/c1-23-14-16-12-18(6-7-19(16)22-23)24(9-8-20-25-10-11-26-20)13-15-2-4-17(21)5-3-15/h2-7,12,14,20H,8-11,13H2,1H3. The number of anilines is 1. The van der Waals surface area contributed by atoms with Crippen LogP contribution < -0.4 is 4.90 Å². The molecule has 0 bridgehead atoms. The van der Waals surface area contributed by atoms with E-state index >= 15 is 0 Å². The van der Waals surface area contributed by atoms with Gasteiger partial charge >= 0.3 is 0 Å². The molecule has 0 spiro atoms. The Hall–Kier alpha value is -2.08. The molecule has 1 aliphatic rings. The van der Waals surface area contributed by atoms with Gasteiger partial charge in [0.25, 0.3) is 0 Å². The summed E-state index contributed by atoms with van der Waals surface area (Å²) in [5, 5.41) is 6.35. The van der Waals surface area contributed by atoms with Gasteiger partial charge < -0.3 is 14.4 Å². The van der Waals surface area contributed by atoms with Crippen LogP contribution in [-0.2, 0) is 23.1 Å². The summed E-state index contributed by atoms with van der Waals surface area (Å²) < 4.78 is 13.0. The van der Waals surface area contributed by atoms with Gasteiger partial charge in [0.15, 0.2) is 6.29 Å². The van der Waals surface area contributed by atoms with Crippen LogP contribution in [0.3, 0.4) is 0 Å². The van der Waals surface area contributed by atoms with Crippen LogP contribution in [0.15, 0.2) is 48.7 Å². The maximum absolute atomic E-state index is 6.02. The highest BCUT2D eigenvalue weighted by Crippen LogP contribution is 2.24. The van der Waals surface area contributed by atoms with E-state index in [0.717, 1.165) is 35.4 Å². The highest BCUT2D eigenvalue weighted by Gasteiger charge is 2.18. The molecule has 26 heavy (non-hydrogen) atoms. The lowest BCUT2D eigenvalue weighted by atomic mass is 10.1. The summed E-state index contributed by atoms with van der Waals surface area (Å²) in [4.78, 5) is 2.35. The summed E-state index contributed by atoms with van der Waals surface area (Å²) in [6.07, 6.45) is 2.77. The van der Waals surface area contributed by atoms with Crippen LogP contribution in [0.5, 0.6) is 0 Å². The molecule has 2 aromatic carbocycles. The zero-order valence-corrected chi connectivity index (χ0v) is 15.5. The van der Waals surface area contributed by atoms with E-state index < -0.39 is 0 Å². The molecule has 5 nitrogen and oxygen atoms in total. The van der Waals surface area contributed by atoms with E-state index in [0.29, 0.717) is 13.2 Å². The molecule has 4 rings (SSSR count). The number of benzene rings is 2. The van der Waals surface area contributed by atoms with Crippen LogP contribution in [0.1, 0.15) is 12.0 Å². The van der Waals surface area contributed by atoms with Gasteiger partial charge in [-0.05, 0) is 35.9 Å². The highest BCUT2D eigenvalue weighted by molar-refractivity contribution is 6.30. The second-order valence-electron chi connectivity index (χ2n) is 6.55. The van der Waals surface area contributed by atoms with Crippen molar-refractivity contribution in [2.24, 2.45) is 7.05 Å². The van der Waals surface area contributed by atoms with Crippen molar-refractivity contribution in [2.45, 2.75) is 19.3 Å². The second-order valence-corrected chi connectivity index (χ2v) is 6.99. The number of ether oxygens (including phenoxy) is 2. The van der Waals surface area contributed by atoms with E-state index in [1.54, 1.807) is 0 Å². The third-order valence-corrected chi connectivity index (χ3v) is 4.83. The molecular formula is C20H22ClN3O2. The number of hydrogen-bond donors (Lipinski definition) is 0. The topological polar surface area (TPSA) is 39.5 Å². The fourth-order valence-corrected chi connectivity index (χ4v) is 3.40. The summed E-state index contributed by atoms with van der Waals surface area (Å²) in [5.74, 6) is 0. The van der Waals surface area contributed by atoms with Gasteiger partial charge in [-0.1, -0.05) is 23.7 Å². The van der Waals surface area contributed by atoms with Crippen LogP contribution in [0.25, 0.3) is 10.9 Å². The van der Waals surface area contributed by atoms with Crippen molar-refractivity contribution in [3.63, 3.8) is 0 Å². The normalized spacial score (nSPS) is 15.0. The van der Waals surface area contributed by atoms with Gasteiger partial charge in [0, 0.05) is 48.9 Å². The lowest BCUT2D eigenvalue weighted by molar-refractivity contribution is -0.0449. The third kappa shape index (κ3) is 4.01. The molecule has 0 saturated carbocycles. The molecule has 2 heterocycles. The Balaban J connectivity index is 1.57. The smallest absolute Gasteiger partial charge is 0.159 e. The summed E-state index contributed by atoms with van der Waals surface area (Å²) in [6, 6.07) is 14.4. The zero-order valence-electron chi connectivity index (χ0n) is 14.8. The minimum atomic E-state index is -0.107. The van der Waals surface area contributed by atoms with Crippen LogP contribution in [-0.4, -0.2) is 35.8 Å². The Labute approximate surface area is 158 Å². The second kappa shape index (κ2) is 7.66. The molecule has 0 N–H and O–H groups in total. The van der Waals surface area contributed by atoms with Crippen molar-refractivity contribution in [2.75, 3.05) is 24.7 Å². The number of hydrogen-bond acceptors (Lipinski definition) is 4. The van der Waals surface area contributed by atoms with Crippen molar-refractivity contribution < 1.29 is 9.47 Å². The lowest BCUT2D eigenvalue weighted by Crippen LogP contribution is -2.27. The molecule has 3 aromatic rings. The molecule has 6 heteroatoms. The summed E-state index contributed by atoms with van der Waals surface area (Å²) in [5.41, 5.74) is 3.39. The SMILES string of the molecule is Cn1cc2cc(N(CCC3OCCO3)Cc3ccc(Cl)cc3)ccc2n1. The van der Waals surface area contributed by atoms with Gasteiger partial charge in [-0.25, -0.2) is 0 Å². The summed E-state index contributed by atoms with van der Waals surface area (Å²) in [7, 11) is 1.94. The Bertz CT molecular complexity index is 872. The predicted octanol–water partition coefficient (Wildman–Crippen LogP) is 4.00. The van der Waals surface area contributed by atoms with Crippen LogP contribution >= 0.6 is 11.6 Å². The number of fused-ring (bicyclic) bond motifs is 1. The zero-order chi connectivity index (χ0) is 17.9. The maximum atomic E-state index is 6.02. The molecular weight excluding hydrogens is 350 g/mol. The van der Waals surface area contributed by atoms with Crippen molar-refractivity contribution in [3.05, 3.63) is 59.2 Å². The summed E-state index contributed by atoms with van der Waals surface area (Å²) >= 11 is 6.02. The number of halogens is 1. The molecule has 1 saturated heterocycles. The number of aromatic nitrogens is 2. The van der Waals surface area contributed by atoms with Gasteiger partial charge in [0.05, 0.1) is 18.7 Å². The number of rotatable bonds is 6. The maximum Gasteiger partial charge on any atom is 0.159 e. The Morgan fingerprint density at radius 3 is 2.69 bits per heavy atom. The Kier molecular flexibility index (Phi) is 5.11. The van der Waals surface area contributed by atoms with E-state index in [1.807, 2.05) is 30.1 Å². The van der Waals surface area contributed by atoms with Gasteiger partial charge in [-0.3, -0.25) is 4.68 Å². The summed E-state index contributed by atoms with van der Waals surface area (Å²) in [6.45, 7) is 3.02. The highest BCUT2D eigenvalue weighted by atomic mass is 35.5. The minimum absolute atomic E-state index is 0.107. The fraction of sp³-hybridized carbons (Fsp3) is 0.350. The third-order valence-electron chi connectivity index (χ3n) is 4.58. The predicted molar refractivity (Wildman–Crippen MR) is 104 cm³/mol. The van der Waals surface area contributed by atoms with Crippen LogP contribution in [0, 0.1) is 0 Å². The first kappa shape index (κ1) is 17.3. The average Bonchev–Trinajstić information content (AvgIpc) is 3.28. The van der Waals surface area contributed by atoms with Crippen molar-refractivity contribution in [3.8, 4) is 0 Å². The van der Waals surface area contributed by atoms with Gasteiger partial charge in [0.2, 0.25) is 0 Å². The van der Waals surface area contributed by atoms with Gasteiger partial charge in [-0.2, -0.15) is 5.10 Å². The molecule has 136 valence electrons. The average molecular weight is 372 g/mol. The van der Waals surface area contributed by atoms with Crippen LogP contribution in [0.4, 0.5) is 5.69 Å². The first-order valence-electron chi connectivity index (χ1n) is 8.83. The number of aryl methyl sites for hydroxylation is 1. The molecule has 0 atom stereocenters.